The predicted molar refractivity (Wildman–Crippen MR) is 92.7 cm³/mol. The number of nitrogens with one attached hydrogen (secondary N) is 1. The molecule has 2 fully saturated rings. The monoisotopic (exact) mass is 368 g/mol. The molecule has 2 aliphatic rings. The zero-order valence-electron chi connectivity index (χ0n) is 13.8. The van der Waals surface area contributed by atoms with E-state index in [0.717, 1.165) is 9.78 Å². The van der Waals surface area contributed by atoms with Crippen molar-refractivity contribution in [2.45, 2.75) is 18.0 Å². The topological polar surface area (TPSA) is 75.7 Å². The highest BCUT2D eigenvalue weighted by Crippen LogP contribution is 2.50. The number of ether oxygens (including phenoxy) is 1. The molecule has 8 heteroatoms. The predicted octanol–water partition coefficient (Wildman–Crippen LogP) is 1.29. The highest BCUT2D eigenvalue weighted by atomic mass is 32.2. The van der Waals surface area contributed by atoms with E-state index in [-0.39, 0.29) is 17.9 Å². The lowest BCUT2D eigenvalue weighted by Crippen LogP contribution is -2.56. The summed E-state index contributed by atoms with van der Waals surface area (Å²) in [7, 11) is 2.81. The third-order valence-corrected chi connectivity index (χ3v) is 6.54. The smallest absolute Gasteiger partial charge is 0.326 e. The minimum Gasteiger partial charge on any atom is -0.468 e. The van der Waals surface area contributed by atoms with Gasteiger partial charge in [-0.05, 0) is 29.9 Å². The number of hydrogen-bond donors (Lipinski definition) is 1. The first kappa shape index (κ1) is 17.4. The molecule has 0 saturated carbocycles. The maximum Gasteiger partial charge on any atom is 0.326 e. The Bertz CT molecular complexity index is 663. The molecule has 1 aromatic rings. The fraction of sp³-hybridized carbons (Fsp3) is 0.562. The van der Waals surface area contributed by atoms with Crippen molar-refractivity contribution in [3.63, 3.8) is 0 Å². The second-order valence-corrected chi connectivity index (χ2v) is 8.05. The third-order valence-electron chi connectivity index (χ3n) is 4.97. The van der Waals surface area contributed by atoms with Crippen LogP contribution in [0.2, 0.25) is 0 Å². The number of nitrogens with zero attached hydrogens (tertiary/aromatic N) is 1. The fourth-order valence-electron chi connectivity index (χ4n) is 3.82. The van der Waals surface area contributed by atoms with Crippen molar-refractivity contribution in [3.05, 3.63) is 22.4 Å². The Morgan fingerprint density at radius 1 is 1.46 bits per heavy atom. The molecule has 1 aromatic heterocycles. The highest BCUT2D eigenvalue weighted by molar-refractivity contribution is 7.98. The second-order valence-electron chi connectivity index (χ2n) is 6.08. The highest BCUT2D eigenvalue weighted by Gasteiger charge is 2.68. The lowest BCUT2D eigenvalue weighted by Gasteiger charge is -2.31. The molecule has 4 atom stereocenters. The van der Waals surface area contributed by atoms with E-state index in [1.54, 1.807) is 11.8 Å². The number of rotatable bonds is 5. The second kappa shape index (κ2) is 6.50. The summed E-state index contributed by atoms with van der Waals surface area (Å²) in [5, 5.41) is 5.26. The van der Waals surface area contributed by atoms with Gasteiger partial charge in [-0.15, -0.1) is 11.3 Å². The average Bonchev–Trinajstić information content (AvgIpc) is 3.27. The normalized spacial score (nSPS) is 32.3. The summed E-state index contributed by atoms with van der Waals surface area (Å²) in [6.45, 7) is 0. The molecule has 2 aliphatic heterocycles. The number of carbonyl (C=O) groups excluding carboxylic acids is 3. The Balaban J connectivity index is 2.10. The first-order valence-electron chi connectivity index (χ1n) is 7.67. The quantitative estimate of drug-likeness (QED) is 0.623. The number of thioether (sulfide) groups is 1. The van der Waals surface area contributed by atoms with E-state index in [4.69, 9.17) is 4.74 Å². The van der Waals surface area contributed by atoms with Crippen LogP contribution in [0.25, 0.3) is 0 Å². The standard InChI is InChI=1S/C16H20N2O4S2/c1-18-13(19)10-11(14(18)20)16(6-8-23-3,15(21)22-2)17-12(10)9-5-4-7-24-9/h4-5,7,10-12,17H,6,8H2,1-3H3/t10-,11+,12-,16+/m0/s1. The maximum absolute atomic E-state index is 12.8. The van der Waals surface area contributed by atoms with Crippen LogP contribution in [0.3, 0.4) is 0 Å². The minimum absolute atomic E-state index is 0.231. The number of imide groups is 1. The Morgan fingerprint density at radius 2 is 2.21 bits per heavy atom. The van der Waals surface area contributed by atoms with Crippen LogP contribution >= 0.6 is 23.1 Å². The van der Waals surface area contributed by atoms with Crippen LogP contribution in [0.4, 0.5) is 0 Å². The summed E-state index contributed by atoms with van der Waals surface area (Å²) in [5.74, 6) is -1.60. The van der Waals surface area contributed by atoms with Gasteiger partial charge in [0, 0.05) is 11.9 Å². The molecular weight excluding hydrogens is 348 g/mol. The Labute approximate surface area is 148 Å². The largest absolute Gasteiger partial charge is 0.468 e. The number of amides is 2. The minimum atomic E-state index is -1.16. The first-order chi connectivity index (χ1) is 11.5. The van der Waals surface area contributed by atoms with Gasteiger partial charge < -0.3 is 4.74 Å². The summed E-state index contributed by atoms with van der Waals surface area (Å²) >= 11 is 3.11. The molecule has 0 unspecified atom stereocenters. The summed E-state index contributed by atoms with van der Waals surface area (Å²) in [6.07, 6.45) is 2.39. The summed E-state index contributed by atoms with van der Waals surface area (Å²) in [5.41, 5.74) is -1.16. The van der Waals surface area contributed by atoms with Crippen molar-refractivity contribution in [2.75, 3.05) is 26.2 Å². The van der Waals surface area contributed by atoms with E-state index in [1.165, 1.54) is 25.5 Å². The number of fused-ring (bicyclic) bond motifs is 1. The zero-order valence-corrected chi connectivity index (χ0v) is 15.4. The van der Waals surface area contributed by atoms with E-state index in [0.29, 0.717) is 12.2 Å². The molecule has 0 aromatic carbocycles. The van der Waals surface area contributed by atoms with Gasteiger partial charge in [-0.1, -0.05) is 6.07 Å². The molecule has 0 aliphatic carbocycles. The molecule has 0 spiro atoms. The van der Waals surface area contributed by atoms with E-state index in [2.05, 4.69) is 5.32 Å². The fourth-order valence-corrected chi connectivity index (χ4v) is 5.17. The molecule has 130 valence electrons. The summed E-state index contributed by atoms with van der Waals surface area (Å²) in [6, 6.07) is 3.48. The molecule has 3 heterocycles. The van der Waals surface area contributed by atoms with Crippen molar-refractivity contribution in [3.8, 4) is 0 Å². The number of likely N-dealkylation sites (tertiary alicyclic amines) is 1. The van der Waals surface area contributed by atoms with Gasteiger partial charge in [0.05, 0.1) is 25.0 Å². The van der Waals surface area contributed by atoms with Crippen LogP contribution < -0.4 is 5.32 Å². The van der Waals surface area contributed by atoms with Crippen LogP contribution in [0.5, 0.6) is 0 Å². The Kier molecular flexibility index (Phi) is 4.72. The van der Waals surface area contributed by atoms with Gasteiger partial charge in [-0.25, -0.2) is 0 Å². The Morgan fingerprint density at radius 3 is 2.79 bits per heavy atom. The lowest BCUT2D eigenvalue weighted by atomic mass is 9.78. The maximum atomic E-state index is 12.8. The van der Waals surface area contributed by atoms with Gasteiger partial charge in [0.25, 0.3) is 0 Å². The Hall–Kier alpha value is -1.38. The molecule has 3 rings (SSSR count). The van der Waals surface area contributed by atoms with Crippen LogP contribution in [0, 0.1) is 11.8 Å². The first-order valence-corrected chi connectivity index (χ1v) is 9.95. The van der Waals surface area contributed by atoms with Gasteiger partial charge in [-0.2, -0.15) is 11.8 Å². The van der Waals surface area contributed by atoms with Crippen LogP contribution in [-0.4, -0.2) is 54.4 Å². The SMILES string of the molecule is COC(=O)[C@]1(CCSC)N[C@@H](c2cccs2)[C@H]2C(=O)N(C)C(=O)[C@@H]21. The van der Waals surface area contributed by atoms with Crippen molar-refractivity contribution >= 4 is 40.9 Å². The van der Waals surface area contributed by atoms with Crippen LogP contribution in [0.1, 0.15) is 17.3 Å². The molecular formula is C16H20N2O4S2. The molecule has 24 heavy (non-hydrogen) atoms. The molecule has 6 nitrogen and oxygen atoms in total. The van der Waals surface area contributed by atoms with E-state index >= 15 is 0 Å². The number of hydrogen-bond acceptors (Lipinski definition) is 7. The van der Waals surface area contributed by atoms with Gasteiger partial charge in [0.2, 0.25) is 11.8 Å². The van der Waals surface area contributed by atoms with Crippen LogP contribution in [0.15, 0.2) is 17.5 Å². The average molecular weight is 368 g/mol. The number of carbonyl (C=O) groups is 3. The number of thiophene rings is 1. The van der Waals surface area contributed by atoms with Crippen LogP contribution in [-0.2, 0) is 19.1 Å². The van der Waals surface area contributed by atoms with Crippen molar-refractivity contribution in [1.29, 1.82) is 0 Å². The zero-order chi connectivity index (χ0) is 17.5. The molecule has 0 radical (unpaired) electrons. The third kappa shape index (κ3) is 2.39. The van der Waals surface area contributed by atoms with Gasteiger partial charge in [-0.3, -0.25) is 24.6 Å². The van der Waals surface area contributed by atoms with Crippen molar-refractivity contribution < 1.29 is 19.1 Å². The number of methoxy groups -OCH3 is 1. The summed E-state index contributed by atoms with van der Waals surface area (Å²) < 4.78 is 5.04. The summed E-state index contributed by atoms with van der Waals surface area (Å²) in [4.78, 5) is 40.3. The molecule has 1 N–H and O–H groups in total. The van der Waals surface area contributed by atoms with Gasteiger partial charge in [0.1, 0.15) is 5.54 Å². The van der Waals surface area contributed by atoms with Crippen molar-refractivity contribution in [2.24, 2.45) is 11.8 Å². The van der Waals surface area contributed by atoms with Gasteiger partial charge in [0.15, 0.2) is 0 Å². The molecule has 2 saturated heterocycles. The van der Waals surface area contributed by atoms with E-state index in [9.17, 15) is 14.4 Å². The number of esters is 1. The van der Waals surface area contributed by atoms with E-state index in [1.807, 2.05) is 23.8 Å². The van der Waals surface area contributed by atoms with Gasteiger partial charge >= 0.3 is 5.97 Å². The van der Waals surface area contributed by atoms with E-state index < -0.39 is 23.3 Å². The molecule has 0 bridgehead atoms. The van der Waals surface area contributed by atoms with Crippen molar-refractivity contribution in [1.82, 2.24) is 10.2 Å². The molecule has 2 amide bonds. The lowest BCUT2D eigenvalue weighted by molar-refractivity contribution is -0.154.